The van der Waals surface area contributed by atoms with Gasteiger partial charge in [-0.3, -0.25) is 0 Å². The average molecular weight is 216 g/mol. The third kappa shape index (κ3) is 1.61. The van der Waals surface area contributed by atoms with Gasteiger partial charge >= 0.3 is 0 Å². The number of fused-ring (bicyclic) bond motifs is 3. The van der Waals surface area contributed by atoms with Crippen LogP contribution in [0, 0.1) is 12.8 Å². The largest absolute Gasteiger partial charge is 0.385 e. The van der Waals surface area contributed by atoms with Gasteiger partial charge < -0.3 is 10.2 Å². The number of likely N-dealkylation sites (tertiary alicyclic amines) is 1. The summed E-state index contributed by atoms with van der Waals surface area (Å²) in [7, 11) is 2.24. The zero-order valence-corrected chi connectivity index (χ0v) is 10.2. The standard InChI is InChI=1S/C14H20N2/c1-10-3-4-14-12(7-10)13-9-16(2)6-5-11(13)8-15-14/h3-4,7,11,13,15H,5-6,8-9H2,1-2H3. The minimum atomic E-state index is 0.745. The van der Waals surface area contributed by atoms with Crippen LogP contribution in [0.1, 0.15) is 23.5 Å². The molecule has 0 amide bonds. The van der Waals surface area contributed by atoms with E-state index in [0.29, 0.717) is 0 Å². The van der Waals surface area contributed by atoms with E-state index >= 15 is 0 Å². The van der Waals surface area contributed by atoms with E-state index in [0.717, 1.165) is 18.4 Å². The summed E-state index contributed by atoms with van der Waals surface area (Å²) in [4.78, 5) is 2.47. The number of nitrogens with one attached hydrogen (secondary N) is 1. The molecule has 0 aromatic heterocycles. The van der Waals surface area contributed by atoms with Gasteiger partial charge in [-0.25, -0.2) is 0 Å². The monoisotopic (exact) mass is 216 g/mol. The van der Waals surface area contributed by atoms with Crippen molar-refractivity contribution in [1.82, 2.24) is 4.90 Å². The SMILES string of the molecule is Cc1ccc2c(c1)C1CN(C)CCC1CN2. The molecule has 1 saturated heterocycles. The lowest BCUT2D eigenvalue weighted by atomic mass is 9.77. The molecular weight excluding hydrogens is 196 g/mol. The minimum absolute atomic E-state index is 0.745. The van der Waals surface area contributed by atoms with Gasteiger partial charge in [0.25, 0.3) is 0 Å². The normalized spacial score (nSPS) is 29.1. The Morgan fingerprint density at radius 1 is 1.38 bits per heavy atom. The maximum atomic E-state index is 3.59. The average Bonchev–Trinajstić information content (AvgIpc) is 2.29. The highest BCUT2D eigenvalue weighted by atomic mass is 15.1. The van der Waals surface area contributed by atoms with Crippen molar-refractivity contribution in [2.45, 2.75) is 19.3 Å². The van der Waals surface area contributed by atoms with Gasteiger partial charge in [0.15, 0.2) is 0 Å². The molecule has 0 aliphatic carbocycles. The van der Waals surface area contributed by atoms with E-state index in [1.54, 1.807) is 5.56 Å². The molecule has 2 aliphatic heterocycles. The minimum Gasteiger partial charge on any atom is -0.385 e. The molecule has 16 heavy (non-hydrogen) atoms. The maximum Gasteiger partial charge on any atom is 0.0376 e. The fourth-order valence-electron chi connectivity index (χ4n) is 3.15. The zero-order chi connectivity index (χ0) is 11.1. The van der Waals surface area contributed by atoms with Crippen LogP contribution in [0.2, 0.25) is 0 Å². The van der Waals surface area contributed by atoms with E-state index in [1.807, 2.05) is 0 Å². The number of aryl methyl sites for hydroxylation is 1. The van der Waals surface area contributed by atoms with Gasteiger partial charge in [-0.1, -0.05) is 17.7 Å². The fourth-order valence-corrected chi connectivity index (χ4v) is 3.15. The molecule has 1 fully saturated rings. The molecule has 2 unspecified atom stereocenters. The van der Waals surface area contributed by atoms with E-state index in [1.165, 1.54) is 30.8 Å². The molecule has 2 heterocycles. The van der Waals surface area contributed by atoms with Gasteiger partial charge in [0, 0.05) is 24.7 Å². The third-order valence-electron chi connectivity index (χ3n) is 4.12. The Kier molecular flexibility index (Phi) is 2.40. The molecule has 0 spiro atoms. The number of benzene rings is 1. The predicted octanol–water partition coefficient (Wildman–Crippen LogP) is 2.46. The second kappa shape index (κ2) is 3.77. The van der Waals surface area contributed by atoms with Crippen molar-refractivity contribution in [2.24, 2.45) is 5.92 Å². The van der Waals surface area contributed by atoms with Gasteiger partial charge in [-0.2, -0.15) is 0 Å². The number of nitrogens with zero attached hydrogens (tertiary/aromatic N) is 1. The van der Waals surface area contributed by atoms with Crippen LogP contribution in [0.5, 0.6) is 0 Å². The van der Waals surface area contributed by atoms with Gasteiger partial charge in [0.2, 0.25) is 0 Å². The topological polar surface area (TPSA) is 15.3 Å². The molecule has 2 nitrogen and oxygen atoms in total. The Labute approximate surface area is 97.6 Å². The van der Waals surface area contributed by atoms with Crippen LogP contribution < -0.4 is 5.32 Å². The molecule has 0 bridgehead atoms. The highest BCUT2D eigenvalue weighted by Crippen LogP contribution is 2.39. The molecule has 2 heteroatoms. The highest BCUT2D eigenvalue weighted by Gasteiger charge is 2.33. The third-order valence-corrected chi connectivity index (χ3v) is 4.12. The number of piperidine rings is 1. The van der Waals surface area contributed by atoms with E-state index in [4.69, 9.17) is 0 Å². The summed E-state index contributed by atoms with van der Waals surface area (Å²) in [5.74, 6) is 1.58. The van der Waals surface area contributed by atoms with Crippen LogP contribution in [0.3, 0.4) is 0 Å². The number of anilines is 1. The van der Waals surface area contributed by atoms with Gasteiger partial charge in [-0.15, -0.1) is 0 Å². The molecule has 2 atom stereocenters. The molecule has 3 rings (SSSR count). The highest BCUT2D eigenvalue weighted by molar-refractivity contribution is 5.56. The lowest BCUT2D eigenvalue weighted by Crippen LogP contribution is -2.41. The summed E-state index contributed by atoms with van der Waals surface area (Å²) in [6.45, 7) is 5.83. The van der Waals surface area contributed by atoms with Crippen LogP contribution in [-0.4, -0.2) is 31.6 Å². The first kappa shape index (κ1) is 10.2. The zero-order valence-electron chi connectivity index (χ0n) is 10.2. The van der Waals surface area contributed by atoms with Crippen molar-refractivity contribution in [3.8, 4) is 0 Å². The predicted molar refractivity (Wildman–Crippen MR) is 68.0 cm³/mol. The van der Waals surface area contributed by atoms with E-state index in [9.17, 15) is 0 Å². The summed E-state index contributed by atoms with van der Waals surface area (Å²) in [6, 6.07) is 6.83. The summed E-state index contributed by atoms with van der Waals surface area (Å²) >= 11 is 0. The second-order valence-electron chi connectivity index (χ2n) is 5.39. The number of hydrogen-bond acceptors (Lipinski definition) is 2. The first-order valence-corrected chi connectivity index (χ1v) is 6.27. The maximum absolute atomic E-state index is 3.59. The number of rotatable bonds is 0. The van der Waals surface area contributed by atoms with Gasteiger partial charge in [-0.05, 0) is 44.5 Å². The van der Waals surface area contributed by atoms with E-state index < -0.39 is 0 Å². The Morgan fingerprint density at radius 3 is 3.12 bits per heavy atom. The van der Waals surface area contributed by atoms with Crippen LogP contribution in [0.25, 0.3) is 0 Å². The van der Waals surface area contributed by atoms with Crippen LogP contribution in [-0.2, 0) is 0 Å². The lowest BCUT2D eigenvalue weighted by molar-refractivity contribution is 0.192. The fraction of sp³-hybridized carbons (Fsp3) is 0.571. The van der Waals surface area contributed by atoms with Crippen LogP contribution >= 0.6 is 0 Å². The summed E-state index contributed by atoms with van der Waals surface area (Å²) in [5.41, 5.74) is 4.29. The van der Waals surface area contributed by atoms with Crippen molar-refractivity contribution < 1.29 is 0 Å². The summed E-state index contributed by atoms with van der Waals surface area (Å²) in [5, 5.41) is 3.59. The molecule has 1 N–H and O–H groups in total. The summed E-state index contributed by atoms with van der Waals surface area (Å²) in [6.07, 6.45) is 1.33. The van der Waals surface area contributed by atoms with Crippen LogP contribution in [0.4, 0.5) is 5.69 Å². The molecule has 1 aromatic rings. The molecular formula is C14H20N2. The van der Waals surface area contributed by atoms with E-state index in [2.05, 4.69) is 42.4 Å². The van der Waals surface area contributed by atoms with E-state index in [-0.39, 0.29) is 0 Å². The Balaban J connectivity index is 1.99. The molecule has 2 aliphatic rings. The van der Waals surface area contributed by atoms with Crippen LogP contribution in [0.15, 0.2) is 18.2 Å². The number of hydrogen-bond donors (Lipinski definition) is 1. The van der Waals surface area contributed by atoms with Crippen molar-refractivity contribution >= 4 is 5.69 Å². The summed E-state index contributed by atoms with van der Waals surface area (Å²) < 4.78 is 0. The molecule has 0 radical (unpaired) electrons. The van der Waals surface area contributed by atoms with Crippen molar-refractivity contribution in [2.75, 3.05) is 32.0 Å². The molecule has 0 saturated carbocycles. The van der Waals surface area contributed by atoms with Crippen molar-refractivity contribution in [3.63, 3.8) is 0 Å². The number of likely N-dealkylation sites (N-methyl/N-ethyl adjacent to an activating group) is 1. The van der Waals surface area contributed by atoms with Crippen molar-refractivity contribution in [1.29, 1.82) is 0 Å². The first-order valence-electron chi connectivity index (χ1n) is 6.27. The Morgan fingerprint density at radius 2 is 2.25 bits per heavy atom. The Bertz CT molecular complexity index is 400. The smallest absolute Gasteiger partial charge is 0.0376 e. The molecule has 1 aromatic carbocycles. The first-order chi connectivity index (χ1) is 7.74. The quantitative estimate of drug-likeness (QED) is 0.716. The lowest BCUT2D eigenvalue weighted by Gasteiger charge is -2.41. The van der Waals surface area contributed by atoms with Crippen molar-refractivity contribution in [3.05, 3.63) is 29.3 Å². The Hall–Kier alpha value is -1.02. The van der Waals surface area contributed by atoms with Gasteiger partial charge in [0.05, 0.1) is 0 Å². The second-order valence-corrected chi connectivity index (χ2v) is 5.39. The van der Waals surface area contributed by atoms with Gasteiger partial charge in [0.1, 0.15) is 0 Å². The molecule has 86 valence electrons.